The highest BCUT2D eigenvalue weighted by atomic mass is 32.2. The van der Waals surface area contributed by atoms with Crippen LogP contribution < -0.4 is 6.15 Å². The average molecular weight is 197 g/mol. The zero-order chi connectivity index (χ0) is 8.91. The fraction of sp³-hybridized carbons (Fsp3) is 1.00. The lowest BCUT2D eigenvalue weighted by Crippen LogP contribution is -2.03. The van der Waals surface area contributed by atoms with E-state index in [9.17, 15) is 8.42 Å². The molecule has 4 N–H and O–H groups in total. The summed E-state index contributed by atoms with van der Waals surface area (Å²) in [6.45, 7) is 4.18. The van der Waals surface area contributed by atoms with Gasteiger partial charge in [0.1, 0.15) is 0 Å². The van der Waals surface area contributed by atoms with Crippen molar-refractivity contribution in [3.05, 3.63) is 0 Å². The van der Waals surface area contributed by atoms with Crippen LogP contribution in [-0.4, -0.2) is 18.7 Å². The fourth-order valence-electron chi connectivity index (χ4n) is 0.837. The number of hydrogen-bond acceptors (Lipinski definition) is 3. The van der Waals surface area contributed by atoms with Crippen LogP contribution in [0.25, 0.3) is 0 Å². The van der Waals surface area contributed by atoms with Crippen LogP contribution in [-0.2, 0) is 10.1 Å². The lowest BCUT2D eigenvalue weighted by molar-refractivity contribution is 0.475. The Balaban J connectivity index is 0. The summed E-state index contributed by atoms with van der Waals surface area (Å²) in [5.74, 6) is 0.510. The van der Waals surface area contributed by atoms with Gasteiger partial charge in [-0.25, -0.2) is 0 Å². The van der Waals surface area contributed by atoms with Crippen molar-refractivity contribution in [3.8, 4) is 0 Å². The van der Waals surface area contributed by atoms with Gasteiger partial charge in [0.25, 0.3) is 10.1 Å². The molecule has 0 aliphatic heterocycles. The zero-order valence-corrected chi connectivity index (χ0v) is 8.60. The van der Waals surface area contributed by atoms with Crippen molar-refractivity contribution in [2.24, 2.45) is 5.92 Å². The maximum absolute atomic E-state index is 10.2. The van der Waals surface area contributed by atoms with Crippen molar-refractivity contribution in [3.63, 3.8) is 0 Å². The van der Waals surface area contributed by atoms with Crippen molar-refractivity contribution in [1.82, 2.24) is 6.15 Å². The van der Waals surface area contributed by atoms with Crippen LogP contribution in [0.1, 0.15) is 33.1 Å². The van der Waals surface area contributed by atoms with E-state index in [4.69, 9.17) is 4.55 Å². The highest BCUT2D eigenvalue weighted by molar-refractivity contribution is 7.85. The molecule has 0 aromatic rings. The van der Waals surface area contributed by atoms with Gasteiger partial charge in [0, 0.05) is 0 Å². The Morgan fingerprint density at radius 3 is 2.08 bits per heavy atom. The van der Waals surface area contributed by atoms with Crippen LogP contribution in [0.2, 0.25) is 0 Å². The van der Waals surface area contributed by atoms with E-state index in [1.54, 1.807) is 0 Å². The molecule has 0 aromatic heterocycles. The molecule has 0 aliphatic rings. The molecule has 5 heteroatoms. The average Bonchev–Trinajstić information content (AvgIpc) is 1.78. The van der Waals surface area contributed by atoms with Gasteiger partial charge < -0.3 is 6.15 Å². The minimum Gasteiger partial charge on any atom is -0.344 e. The molecule has 0 amide bonds. The fourth-order valence-corrected chi connectivity index (χ4v) is 1.41. The third-order valence-corrected chi connectivity index (χ3v) is 2.24. The van der Waals surface area contributed by atoms with Crippen molar-refractivity contribution in [2.45, 2.75) is 33.1 Å². The lowest BCUT2D eigenvalue weighted by Gasteiger charge is -2.01. The van der Waals surface area contributed by atoms with Crippen LogP contribution in [0.4, 0.5) is 0 Å². The number of rotatable bonds is 5. The maximum Gasteiger partial charge on any atom is 0.264 e. The molecule has 4 nitrogen and oxygen atoms in total. The molecular weight excluding hydrogens is 178 g/mol. The topological polar surface area (TPSA) is 89.4 Å². The molecule has 76 valence electrons. The van der Waals surface area contributed by atoms with Crippen LogP contribution in [0.5, 0.6) is 0 Å². The highest BCUT2D eigenvalue weighted by Crippen LogP contribution is 2.06. The summed E-state index contributed by atoms with van der Waals surface area (Å²) in [6, 6.07) is 0. The highest BCUT2D eigenvalue weighted by Gasteiger charge is 2.03. The van der Waals surface area contributed by atoms with Gasteiger partial charge in [-0.15, -0.1) is 0 Å². The Morgan fingerprint density at radius 1 is 1.25 bits per heavy atom. The summed E-state index contributed by atoms with van der Waals surface area (Å²) in [6.07, 6.45) is 2.46. The lowest BCUT2D eigenvalue weighted by atomic mass is 10.1. The van der Waals surface area contributed by atoms with Gasteiger partial charge in [0.05, 0.1) is 5.75 Å². The number of hydrogen-bond donors (Lipinski definition) is 2. The smallest absolute Gasteiger partial charge is 0.264 e. The maximum atomic E-state index is 10.2. The van der Waals surface area contributed by atoms with Gasteiger partial charge in [-0.2, -0.15) is 8.42 Å². The van der Waals surface area contributed by atoms with Crippen LogP contribution in [0, 0.1) is 5.92 Å². The van der Waals surface area contributed by atoms with Gasteiger partial charge in [-0.1, -0.05) is 26.7 Å². The van der Waals surface area contributed by atoms with Gasteiger partial charge in [0.2, 0.25) is 0 Å². The molecule has 0 atom stereocenters. The molecule has 0 bridgehead atoms. The first-order chi connectivity index (χ1) is 4.92. The van der Waals surface area contributed by atoms with Gasteiger partial charge in [-0.05, 0) is 12.3 Å². The monoisotopic (exact) mass is 197 g/mol. The first kappa shape index (κ1) is 14.4. The Labute approximate surface area is 74.7 Å². The van der Waals surface area contributed by atoms with Crippen LogP contribution >= 0.6 is 0 Å². The first-order valence-corrected chi connectivity index (χ1v) is 5.48. The Hall–Kier alpha value is -0.130. The predicted molar refractivity (Wildman–Crippen MR) is 50.1 cm³/mol. The summed E-state index contributed by atoms with van der Waals surface area (Å²) >= 11 is 0. The predicted octanol–water partition coefficient (Wildman–Crippen LogP) is 1.86. The molecule has 0 rings (SSSR count). The van der Waals surface area contributed by atoms with Gasteiger partial charge in [0.15, 0.2) is 0 Å². The molecule has 0 unspecified atom stereocenters. The van der Waals surface area contributed by atoms with E-state index in [1.165, 1.54) is 0 Å². The summed E-state index contributed by atoms with van der Waals surface area (Å²) in [7, 11) is -3.72. The largest absolute Gasteiger partial charge is 0.344 e. The second-order valence-electron chi connectivity index (χ2n) is 3.18. The van der Waals surface area contributed by atoms with Crippen molar-refractivity contribution in [2.75, 3.05) is 5.75 Å². The van der Waals surface area contributed by atoms with E-state index in [0.29, 0.717) is 12.3 Å². The minimum absolute atomic E-state index is 0. The van der Waals surface area contributed by atoms with Crippen molar-refractivity contribution >= 4 is 10.1 Å². The molecule has 0 saturated heterocycles. The Morgan fingerprint density at radius 2 is 1.75 bits per heavy atom. The van der Waals surface area contributed by atoms with E-state index in [0.717, 1.165) is 12.8 Å². The molecule has 0 saturated carbocycles. The molecule has 0 aliphatic carbocycles. The Kier molecular flexibility index (Phi) is 7.67. The second kappa shape index (κ2) is 6.39. The molecular formula is C7H19NO3S. The molecule has 0 fully saturated rings. The van der Waals surface area contributed by atoms with Gasteiger partial charge >= 0.3 is 0 Å². The quantitative estimate of drug-likeness (QED) is 0.520. The Bertz CT molecular complexity index is 187. The molecule has 12 heavy (non-hydrogen) atoms. The van der Waals surface area contributed by atoms with Crippen LogP contribution in [0.15, 0.2) is 0 Å². The standard InChI is InChI=1S/C7H16O3S.H3N/c1-7(2)5-3-4-6-11(8,9)10;/h7H,3-6H2,1-2H3,(H,8,9,10);1H3. The molecule has 0 spiro atoms. The van der Waals surface area contributed by atoms with E-state index >= 15 is 0 Å². The summed E-state index contributed by atoms with van der Waals surface area (Å²) < 4.78 is 28.8. The van der Waals surface area contributed by atoms with Crippen molar-refractivity contribution in [1.29, 1.82) is 0 Å². The third kappa shape index (κ3) is 12.5. The molecule has 0 aromatic carbocycles. The molecule has 0 heterocycles. The molecule has 0 radical (unpaired) electrons. The van der Waals surface area contributed by atoms with E-state index < -0.39 is 10.1 Å². The first-order valence-electron chi connectivity index (χ1n) is 3.87. The minimum atomic E-state index is -3.72. The van der Waals surface area contributed by atoms with E-state index in [2.05, 4.69) is 13.8 Å². The SMILES string of the molecule is CC(C)CCCCS(=O)(=O)O.N. The van der Waals surface area contributed by atoms with Gasteiger partial charge in [-0.3, -0.25) is 4.55 Å². The van der Waals surface area contributed by atoms with Crippen molar-refractivity contribution < 1.29 is 13.0 Å². The second-order valence-corrected chi connectivity index (χ2v) is 4.75. The van der Waals surface area contributed by atoms with E-state index in [1.807, 2.05) is 0 Å². The van der Waals surface area contributed by atoms with Crippen LogP contribution in [0.3, 0.4) is 0 Å². The third-order valence-electron chi connectivity index (χ3n) is 1.43. The zero-order valence-electron chi connectivity index (χ0n) is 7.78. The number of unbranched alkanes of at least 4 members (excludes halogenated alkanes) is 1. The summed E-state index contributed by atoms with van der Waals surface area (Å²) in [5.41, 5.74) is 0. The normalized spacial score (nSPS) is 11.3. The summed E-state index contributed by atoms with van der Waals surface area (Å²) in [4.78, 5) is 0. The summed E-state index contributed by atoms with van der Waals surface area (Å²) in [5, 5.41) is 0. The van der Waals surface area contributed by atoms with E-state index in [-0.39, 0.29) is 11.9 Å².